The Morgan fingerprint density at radius 2 is 1.89 bits per heavy atom. The second kappa shape index (κ2) is 7.08. The Morgan fingerprint density at radius 1 is 1.28 bits per heavy atom. The molecule has 1 aromatic carbocycles. The van der Waals surface area contributed by atoms with Gasteiger partial charge >= 0.3 is 0 Å². The smallest absolute Gasteiger partial charge is 0.225 e. The largest absolute Gasteiger partial charge is 0.395 e. The lowest BCUT2D eigenvalue weighted by Crippen LogP contribution is -2.38. The summed E-state index contributed by atoms with van der Waals surface area (Å²) in [4.78, 5) is 11.7. The third-order valence-corrected chi connectivity index (χ3v) is 2.46. The van der Waals surface area contributed by atoms with Crippen LogP contribution in [0.15, 0.2) is 24.3 Å². The predicted octanol–water partition coefficient (Wildman–Crippen LogP) is 1.51. The number of nitrogens with one attached hydrogen (secondary N) is 2. The topological polar surface area (TPSA) is 61.4 Å². The molecule has 0 fully saturated rings. The van der Waals surface area contributed by atoms with E-state index in [1.165, 1.54) is 24.3 Å². The summed E-state index contributed by atoms with van der Waals surface area (Å²) in [7, 11) is 0. The zero-order valence-electron chi connectivity index (χ0n) is 10.6. The first kappa shape index (κ1) is 14.6. The second-order valence-electron chi connectivity index (χ2n) is 4.41. The molecule has 0 aromatic heterocycles. The van der Waals surface area contributed by atoms with Crippen LogP contribution in [0.25, 0.3) is 0 Å². The van der Waals surface area contributed by atoms with Gasteiger partial charge < -0.3 is 15.7 Å². The fraction of sp³-hybridized carbons (Fsp3) is 0.462. The zero-order valence-corrected chi connectivity index (χ0v) is 10.6. The van der Waals surface area contributed by atoms with Crippen LogP contribution in [0.3, 0.4) is 0 Å². The number of carbonyl (C=O) groups excluding carboxylic acids is 1. The van der Waals surface area contributed by atoms with Crippen LogP contribution < -0.4 is 10.6 Å². The van der Waals surface area contributed by atoms with Crippen molar-refractivity contribution in [2.24, 2.45) is 0 Å². The molecule has 4 nitrogen and oxygen atoms in total. The maximum atomic E-state index is 12.7. The molecular weight excluding hydrogens is 235 g/mol. The van der Waals surface area contributed by atoms with Crippen molar-refractivity contribution in [1.82, 2.24) is 5.32 Å². The molecule has 100 valence electrons. The molecule has 0 bridgehead atoms. The minimum Gasteiger partial charge on any atom is -0.395 e. The van der Waals surface area contributed by atoms with Gasteiger partial charge in [-0.3, -0.25) is 4.79 Å². The normalized spacial score (nSPS) is 14.0. The Hall–Kier alpha value is -1.46. The van der Waals surface area contributed by atoms with E-state index >= 15 is 0 Å². The van der Waals surface area contributed by atoms with Gasteiger partial charge in [0.2, 0.25) is 5.91 Å². The number of benzene rings is 1. The highest BCUT2D eigenvalue weighted by Crippen LogP contribution is 2.09. The van der Waals surface area contributed by atoms with Gasteiger partial charge in [-0.2, -0.15) is 0 Å². The molecule has 0 saturated heterocycles. The molecule has 18 heavy (non-hydrogen) atoms. The van der Waals surface area contributed by atoms with Gasteiger partial charge in [0.25, 0.3) is 0 Å². The average molecular weight is 254 g/mol. The molecule has 0 aliphatic carbocycles. The maximum absolute atomic E-state index is 12.7. The number of hydrogen-bond donors (Lipinski definition) is 3. The lowest BCUT2D eigenvalue weighted by atomic mass is 10.2. The van der Waals surface area contributed by atoms with E-state index < -0.39 is 0 Å². The van der Waals surface area contributed by atoms with E-state index in [-0.39, 0.29) is 30.4 Å². The van der Waals surface area contributed by atoms with Gasteiger partial charge in [0.05, 0.1) is 6.61 Å². The number of hydrogen-bond acceptors (Lipinski definition) is 3. The monoisotopic (exact) mass is 254 g/mol. The number of aliphatic hydroxyl groups excluding tert-OH is 1. The fourth-order valence-corrected chi connectivity index (χ4v) is 1.62. The number of anilines is 1. The highest BCUT2D eigenvalue weighted by molar-refractivity contribution is 5.91. The summed E-state index contributed by atoms with van der Waals surface area (Å²) in [5.74, 6) is -0.480. The Bertz CT molecular complexity index is 381. The molecule has 2 atom stereocenters. The highest BCUT2D eigenvalue weighted by atomic mass is 19.1. The van der Waals surface area contributed by atoms with E-state index in [0.29, 0.717) is 12.1 Å². The lowest BCUT2D eigenvalue weighted by molar-refractivity contribution is -0.116. The van der Waals surface area contributed by atoms with Crippen molar-refractivity contribution in [3.8, 4) is 0 Å². The minimum absolute atomic E-state index is 0.0317. The first-order valence-corrected chi connectivity index (χ1v) is 5.93. The molecule has 0 saturated carbocycles. The number of aliphatic hydroxyl groups is 1. The maximum Gasteiger partial charge on any atom is 0.225 e. The van der Waals surface area contributed by atoms with Crippen molar-refractivity contribution >= 4 is 11.6 Å². The molecule has 0 radical (unpaired) electrons. The number of halogens is 1. The van der Waals surface area contributed by atoms with Gasteiger partial charge in [-0.1, -0.05) is 0 Å². The van der Waals surface area contributed by atoms with E-state index in [4.69, 9.17) is 5.11 Å². The molecular formula is C13H19FN2O2. The fourth-order valence-electron chi connectivity index (χ4n) is 1.62. The lowest BCUT2D eigenvalue weighted by Gasteiger charge is -2.17. The van der Waals surface area contributed by atoms with Crippen molar-refractivity contribution < 1.29 is 14.3 Å². The van der Waals surface area contributed by atoms with E-state index in [1.54, 1.807) is 0 Å². The Labute approximate surface area is 106 Å². The quantitative estimate of drug-likeness (QED) is 0.721. The SMILES string of the molecule is CC(CO)NC(C)CC(=O)Nc1ccc(F)cc1. The van der Waals surface area contributed by atoms with E-state index in [1.807, 2.05) is 13.8 Å². The Balaban J connectivity index is 2.39. The van der Waals surface area contributed by atoms with E-state index in [2.05, 4.69) is 10.6 Å². The van der Waals surface area contributed by atoms with Crippen LogP contribution in [-0.2, 0) is 4.79 Å². The Morgan fingerprint density at radius 3 is 2.44 bits per heavy atom. The van der Waals surface area contributed by atoms with Crippen LogP contribution >= 0.6 is 0 Å². The van der Waals surface area contributed by atoms with Crippen LogP contribution in [0, 0.1) is 5.82 Å². The summed E-state index contributed by atoms with van der Waals surface area (Å²) in [5.41, 5.74) is 0.573. The van der Waals surface area contributed by atoms with Gasteiger partial charge in [-0.15, -0.1) is 0 Å². The van der Waals surface area contributed by atoms with E-state index in [0.717, 1.165) is 0 Å². The Kier molecular flexibility index (Phi) is 5.74. The minimum atomic E-state index is -0.334. The van der Waals surface area contributed by atoms with Crippen molar-refractivity contribution in [2.75, 3.05) is 11.9 Å². The zero-order chi connectivity index (χ0) is 13.5. The van der Waals surface area contributed by atoms with Gasteiger partial charge in [0.1, 0.15) is 5.82 Å². The van der Waals surface area contributed by atoms with Crippen molar-refractivity contribution in [3.05, 3.63) is 30.1 Å². The van der Waals surface area contributed by atoms with Crippen LogP contribution in [0.2, 0.25) is 0 Å². The first-order chi connectivity index (χ1) is 8.51. The second-order valence-corrected chi connectivity index (χ2v) is 4.41. The molecule has 0 aliphatic heterocycles. The third kappa shape index (κ3) is 5.25. The van der Waals surface area contributed by atoms with Gasteiger partial charge in [-0.25, -0.2) is 4.39 Å². The molecule has 1 rings (SSSR count). The van der Waals surface area contributed by atoms with Crippen LogP contribution in [0.5, 0.6) is 0 Å². The van der Waals surface area contributed by atoms with Crippen molar-refractivity contribution in [3.63, 3.8) is 0 Å². The summed E-state index contributed by atoms with van der Waals surface area (Å²) in [6.45, 7) is 3.74. The molecule has 0 heterocycles. The number of amides is 1. The summed E-state index contributed by atoms with van der Waals surface area (Å²) >= 11 is 0. The van der Waals surface area contributed by atoms with Gasteiger partial charge in [-0.05, 0) is 38.1 Å². The number of rotatable bonds is 6. The van der Waals surface area contributed by atoms with Gasteiger partial charge in [0.15, 0.2) is 0 Å². The summed E-state index contributed by atoms with van der Waals surface area (Å²) < 4.78 is 12.7. The first-order valence-electron chi connectivity index (χ1n) is 5.93. The summed E-state index contributed by atoms with van der Waals surface area (Å²) in [6.07, 6.45) is 0.293. The van der Waals surface area contributed by atoms with Crippen molar-refractivity contribution in [1.29, 1.82) is 0 Å². The van der Waals surface area contributed by atoms with Crippen LogP contribution in [-0.4, -0.2) is 29.7 Å². The third-order valence-electron chi connectivity index (χ3n) is 2.46. The van der Waals surface area contributed by atoms with E-state index in [9.17, 15) is 9.18 Å². The molecule has 0 spiro atoms. The summed E-state index contributed by atoms with van der Waals surface area (Å²) in [5, 5.41) is 14.6. The molecule has 2 unspecified atom stereocenters. The van der Waals surface area contributed by atoms with Crippen LogP contribution in [0.1, 0.15) is 20.3 Å². The standard InChI is InChI=1S/C13H19FN2O2/c1-9(15-10(2)8-17)7-13(18)16-12-5-3-11(14)4-6-12/h3-6,9-10,15,17H,7-8H2,1-2H3,(H,16,18). The van der Waals surface area contributed by atoms with Crippen molar-refractivity contribution in [2.45, 2.75) is 32.4 Å². The molecule has 1 aromatic rings. The highest BCUT2D eigenvalue weighted by Gasteiger charge is 2.11. The molecule has 5 heteroatoms. The number of carbonyl (C=O) groups is 1. The molecule has 1 amide bonds. The molecule has 0 aliphatic rings. The summed E-state index contributed by atoms with van der Waals surface area (Å²) in [6, 6.07) is 5.55. The average Bonchev–Trinajstić information content (AvgIpc) is 2.31. The van der Waals surface area contributed by atoms with Crippen LogP contribution in [0.4, 0.5) is 10.1 Å². The van der Waals surface area contributed by atoms with Gasteiger partial charge in [0, 0.05) is 24.2 Å². The predicted molar refractivity (Wildman–Crippen MR) is 68.8 cm³/mol. The molecule has 3 N–H and O–H groups in total.